The van der Waals surface area contributed by atoms with Gasteiger partial charge in [-0.3, -0.25) is 0 Å². The normalized spacial score (nSPS) is 20.5. The Balaban J connectivity index is 1.78. The average molecular weight is 305 g/mol. The van der Waals surface area contributed by atoms with E-state index in [-0.39, 0.29) is 17.6 Å². The van der Waals surface area contributed by atoms with Crippen LogP contribution in [0.1, 0.15) is 39.2 Å². The third kappa shape index (κ3) is 4.35. The fourth-order valence-electron chi connectivity index (χ4n) is 2.26. The summed E-state index contributed by atoms with van der Waals surface area (Å²) in [7, 11) is 0. The zero-order chi connectivity index (χ0) is 16.3. The van der Waals surface area contributed by atoms with E-state index in [1.807, 2.05) is 26.8 Å². The van der Waals surface area contributed by atoms with E-state index < -0.39 is 17.5 Å². The molecule has 0 unspecified atom stereocenters. The van der Waals surface area contributed by atoms with Gasteiger partial charge >= 0.3 is 6.09 Å². The van der Waals surface area contributed by atoms with Gasteiger partial charge in [0.15, 0.2) is 0 Å². The highest BCUT2D eigenvalue weighted by Gasteiger charge is 2.31. The lowest BCUT2D eigenvalue weighted by molar-refractivity contribution is 0.0475. The number of halogens is 1. The Morgan fingerprint density at radius 3 is 2.64 bits per heavy atom. The number of hydrogen-bond donors (Lipinski definition) is 2. The Hall–Kier alpha value is -2.29. The van der Waals surface area contributed by atoms with E-state index in [1.54, 1.807) is 6.07 Å². The first-order valence-electron chi connectivity index (χ1n) is 7.22. The van der Waals surface area contributed by atoms with Gasteiger partial charge in [-0.1, -0.05) is 0 Å². The zero-order valence-corrected chi connectivity index (χ0v) is 12.9. The number of benzene rings is 1. The molecule has 0 bridgehead atoms. The standard InChI is InChI=1S/C16H20FN3O2/c1-16(2,3)22-15(21)20-13-7-12(8-13)19-11-4-5-14(17)10(6-11)9-18/h4-6,12-13,19H,7-8H2,1-3H3,(H,20,21). The van der Waals surface area contributed by atoms with E-state index in [0.29, 0.717) is 5.69 Å². The molecule has 0 aliphatic heterocycles. The highest BCUT2D eigenvalue weighted by atomic mass is 19.1. The Morgan fingerprint density at radius 2 is 2.05 bits per heavy atom. The number of nitrogens with one attached hydrogen (secondary N) is 2. The molecule has 0 atom stereocenters. The van der Waals surface area contributed by atoms with Crippen molar-refractivity contribution in [3.05, 3.63) is 29.6 Å². The summed E-state index contributed by atoms with van der Waals surface area (Å²) in [6, 6.07) is 6.44. The van der Waals surface area contributed by atoms with Crippen LogP contribution in [-0.2, 0) is 4.74 Å². The van der Waals surface area contributed by atoms with Gasteiger partial charge in [0.05, 0.1) is 5.56 Å². The van der Waals surface area contributed by atoms with Crippen LogP contribution in [0.3, 0.4) is 0 Å². The lowest BCUT2D eigenvalue weighted by atomic mass is 9.86. The number of amides is 1. The number of nitriles is 1. The van der Waals surface area contributed by atoms with E-state index in [0.717, 1.165) is 12.8 Å². The maximum absolute atomic E-state index is 13.2. The number of carbonyl (C=O) groups excluding carboxylic acids is 1. The molecule has 0 heterocycles. The maximum atomic E-state index is 13.2. The van der Waals surface area contributed by atoms with Gasteiger partial charge in [0.25, 0.3) is 0 Å². The Morgan fingerprint density at radius 1 is 1.36 bits per heavy atom. The van der Waals surface area contributed by atoms with Crippen molar-refractivity contribution in [1.82, 2.24) is 5.32 Å². The SMILES string of the molecule is CC(C)(C)OC(=O)NC1CC(Nc2ccc(F)c(C#N)c2)C1. The Labute approximate surface area is 129 Å². The second-order valence-corrected chi connectivity index (χ2v) is 6.46. The van der Waals surface area contributed by atoms with Crippen LogP contribution in [0.5, 0.6) is 0 Å². The fraction of sp³-hybridized carbons (Fsp3) is 0.500. The van der Waals surface area contributed by atoms with Gasteiger partial charge < -0.3 is 15.4 Å². The van der Waals surface area contributed by atoms with Crippen molar-refractivity contribution in [2.45, 2.75) is 51.3 Å². The number of rotatable bonds is 3. The number of alkyl carbamates (subject to hydrolysis) is 1. The third-order valence-corrected chi connectivity index (χ3v) is 3.32. The summed E-state index contributed by atoms with van der Waals surface area (Å²) in [6.07, 6.45) is 1.11. The predicted octanol–water partition coefficient (Wildman–Crippen LogP) is 3.16. The molecule has 1 aromatic carbocycles. The van der Waals surface area contributed by atoms with Crippen LogP contribution in [0.25, 0.3) is 0 Å². The molecule has 22 heavy (non-hydrogen) atoms. The van der Waals surface area contributed by atoms with Crippen LogP contribution in [0.15, 0.2) is 18.2 Å². The number of nitrogens with zero attached hydrogens (tertiary/aromatic N) is 1. The van der Waals surface area contributed by atoms with Gasteiger partial charge in [0.2, 0.25) is 0 Å². The molecular formula is C16H20FN3O2. The summed E-state index contributed by atoms with van der Waals surface area (Å²) in [4.78, 5) is 11.6. The van der Waals surface area contributed by atoms with E-state index in [4.69, 9.17) is 10.00 Å². The summed E-state index contributed by atoms with van der Waals surface area (Å²) in [6.45, 7) is 5.46. The molecule has 118 valence electrons. The van der Waals surface area contributed by atoms with Crippen molar-refractivity contribution in [2.75, 3.05) is 5.32 Å². The number of hydrogen-bond acceptors (Lipinski definition) is 4. The topological polar surface area (TPSA) is 74.2 Å². The minimum atomic E-state index is -0.522. The van der Waals surface area contributed by atoms with Crippen molar-refractivity contribution >= 4 is 11.8 Å². The molecule has 1 aromatic rings. The van der Waals surface area contributed by atoms with E-state index in [2.05, 4.69) is 10.6 Å². The quantitative estimate of drug-likeness (QED) is 0.899. The van der Waals surface area contributed by atoms with Gasteiger partial charge in [-0.2, -0.15) is 5.26 Å². The summed E-state index contributed by atoms with van der Waals surface area (Å²) < 4.78 is 18.4. The first kappa shape index (κ1) is 16.1. The molecule has 0 saturated heterocycles. The largest absolute Gasteiger partial charge is 0.444 e. The van der Waals surface area contributed by atoms with Gasteiger partial charge in [-0.05, 0) is 51.8 Å². The monoisotopic (exact) mass is 305 g/mol. The maximum Gasteiger partial charge on any atom is 0.407 e. The van der Waals surface area contributed by atoms with E-state index in [9.17, 15) is 9.18 Å². The summed E-state index contributed by atoms with van der Waals surface area (Å²) >= 11 is 0. The molecule has 2 N–H and O–H groups in total. The predicted molar refractivity (Wildman–Crippen MR) is 80.9 cm³/mol. The first-order chi connectivity index (χ1) is 10.3. The summed E-state index contributed by atoms with van der Waals surface area (Å²) in [5.41, 5.74) is 0.222. The van der Waals surface area contributed by atoms with Crippen LogP contribution < -0.4 is 10.6 Å². The molecule has 1 aliphatic carbocycles. The summed E-state index contributed by atoms with van der Waals surface area (Å²) in [5.74, 6) is -0.522. The molecule has 1 amide bonds. The Bertz CT molecular complexity index is 598. The fourth-order valence-corrected chi connectivity index (χ4v) is 2.26. The van der Waals surface area contributed by atoms with E-state index in [1.165, 1.54) is 12.1 Å². The molecule has 1 saturated carbocycles. The zero-order valence-electron chi connectivity index (χ0n) is 12.9. The van der Waals surface area contributed by atoms with Gasteiger partial charge in [-0.25, -0.2) is 9.18 Å². The minimum Gasteiger partial charge on any atom is -0.444 e. The average Bonchev–Trinajstić information content (AvgIpc) is 2.36. The van der Waals surface area contributed by atoms with Crippen molar-refractivity contribution in [3.8, 4) is 6.07 Å². The van der Waals surface area contributed by atoms with Gasteiger partial charge in [0, 0.05) is 17.8 Å². The third-order valence-electron chi connectivity index (χ3n) is 3.32. The molecular weight excluding hydrogens is 285 g/mol. The lowest BCUT2D eigenvalue weighted by Gasteiger charge is -2.37. The second kappa shape index (κ2) is 6.22. The summed E-state index contributed by atoms with van der Waals surface area (Å²) in [5, 5.41) is 14.8. The first-order valence-corrected chi connectivity index (χ1v) is 7.22. The highest BCUT2D eigenvalue weighted by Crippen LogP contribution is 2.25. The van der Waals surface area contributed by atoms with Crippen molar-refractivity contribution in [3.63, 3.8) is 0 Å². The second-order valence-electron chi connectivity index (χ2n) is 6.46. The molecule has 0 spiro atoms. The van der Waals surface area contributed by atoms with Crippen molar-refractivity contribution in [1.29, 1.82) is 5.26 Å². The van der Waals surface area contributed by atoms with E-state index >= 15 is 0 Å². The highest BCUT2D eigenvalue weighted by molar-refractivity contribution is 5.68. The van der Waals surface area contributed by atoms with Crippen molar-refractivity contribution in [2.24, 2.45) is 0 Å². The number of anilines is 1. The van der Waals surface area contributed by atoms with Crippen molar-refractivity contribution < 1.29 is 13.9 Å². The molecule has 1 fully saturated rings. The van der Waals surface area contributed by atoms with Crippen LogP contribution in [0.2, 0.25) is 0 Å². The van der Waals surface area contributed by atoms with Crippen LogP contribution >= 0.6 is 0 Å². The van der Waals surface area contributed by atoms with Crippen LogP contribution in [0, 0.1) is 17.1 Å². The van der Waals surface area contributed by atoms with Gasteiger partial charge in [-0.15, -0.1) is 0 Å². The molecule has 0 aromatic heterocycles. The van der Waals surface area contributed by atoms with Crippen LogP contribution in [-0.4, -0.2) is 23.8 Å². The Kier molecular flexibility index (Phi) is 4.55. The number of carbonyl (C=O) groups is 1. The van der Waals surface area contributed by atoms with Crippen LogP contribution in [0.4, 0.5) is 14.9 Å². The number of ether oxygens (including phenoxy) is 1. The molecule has 6 heteroatoms. The molecule has 0 radical (unpaired) electrons. The minimum absolute atomic E-state index is 0.0211. The molecule has 1 aliphatic rings. The lowest BCUT2D eigenvalue weighted by Crippen LogP contribution is -2.50. The van der Waals surface area contributed by atoms with Gasteiger partial charge in [0.1, 0.15) is 17.5 Å². The molecule has 2 rings (SSSR count). The smallest absolute Gasteiger partial charge is 0.407 e. The molecule has 5 nitrogen and oxygen atoms in total.